The molecule has 0 saturated carbocycles. The number of nitrogen functional groups attached to an aromatic ring is 1. The Labute approximate surface area is 216 Å². The van der Waals surface area contributed by atoms with Crippen LogP contribution < -0.4 is 16.5 Å². The summed E-state index contributed by atoms with van der Waals surface area (Å²) in [4.78, 5) is 49.5. The first kappa shape index (κ1) is 24.0. The monoisotopic (exact) mass is 551 g/mol. The van der Waals surface area contributed by atoms with Crippen LogP contribution in [0.4, 0.5) is 5.13 Å². The van der Waals surface area contributed by atoms with E-state index in [9.17, 15) is 19.5 Å². The topological polar surface area (TPSA) is 179 Å². The van der Waals surface area contributed by atoms with Gasteiger partial charge in [0.05, 0.1) is 0 Å². The Morgan fingerprint density at radius 3 is 2.89 bits per heavy atom. The first-order valence-corrected chi connectivity index (χ1v) is 12.4. The molecule has 0 radical (unpaired) electrons. The van der Waals surface area contributed by atoms with Gasteiger partial charge in [0.2, 0.25) is 11.5 Å². The van der Waals surface area contributed by atoms with E-state index in [1.54, 1.807) is 17.3 Å². The largest absolute Gasteiger partial charge is 0.477 e. The molecule has 14 nitrogen and oxygen atoms in total. The third-order valence-electron chi connectivity index (χ3n) is 5.44. The second-order valence-electron chi connectivity index (χ2n) is 7.63. The average Bonchev–Trinajstić information content (AvgIpc) is 3.45. The summed E-state index contributed by atoms with van der Waals surface area (Å²) in [5.41, 5.74) is 8.18. The van der Waals surface area contributed by atoms with Crippen molar-refractivity contribution < 1.29 is 24.3 Å². The number of halogens is 1. The molecule has 4 aliphatic heterocycles. The van der Waals surface area contributed by atoms with Crippen molar-refractivity contribution >= 4 is 63.5 Å². The standard InChI is InChI=1S/C19H18ClN9O5S2/c1-34-25-12(14-23-19(21)36-26-14)15(30)22-13-16(31)29-9(18(32)33)6-8(35-17(13)29)7-27-4-5-28-11(27)3-2-10(20)24-28/h2-6,8,13,17,24H,7H2,1H3,(H,22,30)(H,32,33)(H2,21,23,26)/b25-12-/t8?,13-,17+/m1/s1. The highest BCUT2D eigenvalue weighted by Crippen LogP contribution is 2.42. The normalized spacial score (nSPS) is 24.7. The molecule has 1 fully saturated rings. The second kappa shape index (κ2) is 9.36. The number of carboxylic acid groups (broad SMARTS) is 1. The van der Waals surface area contributed by atoms with Crippen molar-refractivity contribution in [3.05, 3.63) is 53.1 Å². The number of hydrazine groups is 1. The maximum Gasteiger partial charge on any atom is 0.352 e. The number of carbonyl (C=O) groups excluding carboxylic acids is 2. The molecule has 3 atom stereocenters. The quantitative estimate of drug-likeness (QED) is 0.151. The first-order valence-electron chi connectivity index (χ1n) is 10.3. The minimum absolute atomic E-state index is 0.0466. The molecule has 0 aromatic carbocycles. The lowest BCUT2D eigenvalue weighted by Gasteiger charge is -2.50. The van der Waals surface area contributed by atoms with Gasteiger partial charge in [-0.25, -0.2) is 9.80 Å². The van der Waals surface area contributed by atoms with Crippen molar-refractivity contribution in [2.24, 2.45) is 5.16 Å². The van der Waals surface area contributed by atoms with Crippen molar-refractivity contribution in [2.75, 3.05) is 19.4 Å². The molecule has 0 aliphatic carbocycles. The highest BCUT2D eigenvalue weighted by molar-refractivity contribution is 8.00. The summed E-state index contributed by atoms with van der Waals surface area (Å²) in [6, 6.07) is -0.992. The molecule has 188 valence electrons. The van der Waals surface area contributed by atoms with Gasteiger partial charge in [-0.15, -0.1) is 11.8 Å². The Morgan fingerprint density at radius 2 is 2.19 bits per heavy atom. The average molecular weight is 552 g/mol. The van der Waals surface area contributed by atoms with E-state index in [0.717, 1.165) is 22.3 Å². The summed E-state index contributed by atoms with van der Waals surface area (Å²) >= 11 is 8.23. The molecule has 1 saturated heterocycles. The predicted octanol–water partition coefficient (Wildman–Crippen LogP) is -0.264. The van der Waals surface area contributed by atoms with Gasteiger partial charge >= 0.3 is 5.97 Å². The summed E-state index contributed by atoms with van der Waals surface area (Å²) in [7, 11) is 1.25. The number of rotatable bonds is 7. The molecule has 5 N–H and O–H groups in total. The van der Waals surface area contributed by atoms with Crippen LogP contribution in [0.2, 0.25) is 0 Å². The van der Waals surface area contributed by atoms with Crippen LogP contribution in [0, 0.1) is 0 Å². The van der Waals surface area contributed by atoms with E-state index >= 15 is 0 Å². The number of nitrogens with zero attached hydrogens (tertiary/aromatic N) is 6. The van der Waals surface area contributed by atoms with Crippen molar-refractivity contribution in [2.45, 2.75) is 16.7 Å². The molecule has 17 heteroatoms. The van der Waals surface area contributed by atoms with Crippen molar-refractivity contribution in [3.8, 4) is 0 Å². The number of fused-ring (bicyclic) bond motifs is 2. The van der Waals surface area contributed by atoms with Gasteiger partial charge in [0.25, 0.3) is 11.8 Å². The van der Waals surface area contributed by atoms with E-state index in [0.29, 0.717) is 11.7 Å². The lowest BCUT2D eigenvalue weighted by Crippen LogP contribution is -2.71. The number of oxime groups is 1. The number of anilines is 1. The number of nitrogens with one attached hydrogen (secondary N) is 2. The van der Waals surface area contributed by atoms with Crippen molar-refractivity contribution in [1.29, 1.82) is 0 Å². The van der Waals surface area contributed by atoms with Gasteiger partial charge in [-0.1, -0.05) is 16.8 Å². The molecule has 5 heterocycles. The maximum atomic E-state index is 12.9. The van der Waals surface area contributed by atoms with Crippen molar-refractivity contribution in [3.63, 3.8) is 0 Å². The summed E-state index contributed by atoms with van der Waals surface area (Å²) < 4.78 is 3.96. The number of aromatic nitrogens is 2. The minimum atomic E-state index is -1.24. The van der Waals surface area contributed by atoms with Gasteiger partial charge in [0.15, 0.2) is 5.13 Å². The molecular weight excluding hydrogens is 534 g/mol. The minimum Gasteiger partial charge on any atom is -0.477 e. The molecule has 2 amide bonds. The molecule has 1 unspecified atom stereocenters. The second-order valence-corrected chi connectivity index (χ2v) is 10.2. The number of thioether (sulfide) groups is 1. The number of β-lactam (4-membered cyclic amide) rings is 1. The number of carboxylic acids is 1. The van der Waals surface area contributed by atoms with Gasteiger partial charge in [0, 0.05) is 35.7 Å². The molecule has 4 aliphatic rings. The molecule has 1 aromatic heterocycles. The van der Waals surface area contributed by atoms with Gasteiger partial charge in [-0.3, -0.25) is 19.9 Å². The lowest BCUT2D eigenvalue weighted by molar-refractivity contribution is -0.150. The van der Waals surface area contributed by atoms with Crippen LogP contribution in [-0.2, 0) is 19.2 Å². The SMILES string of the molecule is CO/N=C(\C(=O)N[C@@H]1C(=O)N2C(C(=O)O)=CC(CN3C=CN4NC(Cl)=CC=C34)S[C@@H]12)c1nsc(N)n1. The smallest absolute Gasteiger partial charge is 0.352 e. The van der Waals surface area contributed by atoms with Gasteiger partial charge in [-0.05, 0) is 18.2 Å². The Bertz CT molecular complexity index is 1290. The molecular formula is C19H18ClN9O5S2. The predicted molar refractivity (Wildman–Crippen MR) is 130 cm³/mol. The number of hydrogen-bond donors (Lipinski definition) is 4. The first-order chi connectivity index (χ1) is 17.3. The number of amides is 2. The molecule has 0 spiro atoms. The highest BCUT2D eigenvalue weighted by atomic mass is 35.5. The molecule has 0 bridgehead atoms. The van der Waals surface area contributed by atoms with Crippen LogP contribution in [-0.4, -0.2) is 83.1 Å². The zero-order valence-corrected chi connectivity index (χ0v) is 20.8. The fourth-order valence-corrected chi connectivity index (χ4v) is 5.99. The Balaban J connectivity index is 1.33. The van der Waals surface area contributed by atoms with Gasteiger partial charge in [-0.2, -0.15) is 9.36 Å². The highest BCUT2D eigenvalue weighted by Gasteiger charge is 2.55. The number of aliphatic carboxylic acids is 1. The Kier molecular flexibility index (Phi) is 6.23. The van der Waals surface area contributed by atoms with Crippen LogP contribution in [0.3, 0.4) is 0 Å². The van der Waals surface area contributed by atoms with E-state index < -0.39 is 29.2 Å². The fourth-order valence-electron chi connectivity index (χ4n) is 3.91. The summed E-state index contributed by atoms with van der Waals surface area (Å²) in [5, 5.41) is 17.4. The summed E-state index contributed by atoms with van der Waals surface area (Å²) in [5.74, 6) is -1.79. The van der Waals surface area contributed by atoms with E-state index in [4.69, 9.17) is 22.2 Å². The van der Waals surface area contributed by atoms with Gasteiger partial charge in [0.1, 0.15) is 35.2 Å². The fraction of sp³-hybridized carbons (Fsp3) is 0.263. The third-order valence-corrected chi connectivity index (χ3v) is 7.59. The molecule has 5 rings (SSSR count). The Morgan fingerprint density at radius 1 is 1.39 bits per heavy atom. The van der Waals surface area contributed by atoms with Crippen LogP contribution in [0.1, 0.15) is 5.82 Å². The number of carbonyl (C=O) groups is 3. The van der Waals surface area contributed by atoms with Crippen LogP contribution in [0.15, 0.2) is 52.5 Å². The number of allylic oxidation sites excluding steroid dienone is 2. The lowest BCUT2D eigenvalue weighted by atomic mass is 10.0. The van der Waals surface area contributed by atoms with E-state index in [2.05, 4.69) is 25.3 Å². The number of nitrogens with two attached hydrogens (primary N) is 1. The van der Waals surface area contributed by atoms with Crippen LogP contribution >= 0.6 is 34.9 Å². The maximum absolute atomic E-state index is 12.9. The van der Waals surface area contributed by atoms with Crippen LogP contribution in [0.25, 0.3) is 0 Å². The molecule has 1 aromatic rings. The summed E-state index contributed by atoms with van der Waals surface area (Å²) in [6.07, 6.45) is 8.69. The zero-order valence-electron chi connectivity index (χ0n) is 18.4. The van der Waals surface area contributed by atoms with E-state index in [-0.39, 0.29) is 27.6 Å². The third kappa shape index (κ3) is 4.22. The zero-order chi connectivity index (χ0) is 25.6. The van der Waals surface area contributed by atoms with Crippen LogP contribution in [0.5, 0.6) is 0 Å². The molecule has 36 heavy (non-hydrogen) atoms. The Hall–Kier alpha value is -3.76. The van der Waals surface area contributed by atoms with E-state index in [1.807, 2.05) is 17.2 Å². The van der Waals surface area contributed by atoms with Gasteiger partial charge < -0.3 is 25.9 Å². The number of hydrogen-bond acceptors (Lipinski definition) is 13. The summed E-state index contributed by atoms with van der Waals surface area (Å²) in [6.45, 7) is 0.408. The van der Waals surface area contributed by atoms with E-state index in [1.165, 1.54) is 24.9 Å². The van der Waals surface area contributed by atoms with Crippen molar-refractivity contribution in [1.82, 2.24) is 34.9 Å².